The molecule has 0 saturated carbocycles. The second-order valence-electron chi connectivity index (χ2n) is 7.19. The lowest BCUT2D eigenvalue weighted by Gasteiger charge is -2.19. The van der Waals surface area contributed by atoms with E-state index in [1.165, 1.54) is 11.1 Å². The molecule has 5 heteroatoms. The summed E-state index contributed by atoms with van der Waals surface area (Å²) in [5, 5.41) is 10.6. The largest absolute Gasteiger partial charge is 0.359 e. The van der Waals surface area contributed by atoms with Crippen LogP contribution in [-0.2, 0) is 24.8 Å². The van der Waals surface area contributed by atoms with E-state index in [4.69, 9.17) is 4.52 Å². The normalized spacial score (nSPS) is 12.3. The first-order valence-electron chi connectivity index (χ1n) is 8.90. The van der Waals surface area contributed by atoms with Crippen LogP contribution in [0.3, 0.4) is 0 Å². The van der Waals surface area contributed by atoms with Crippen LogP contribution in [0, 0.1) is 0 Å². The highest BCUT2D eigenvalue weighted by atomic mass is 16.5. The van der Waals surface area contributed by atoms with Gasteiger partial charge in [0.25, 0.3) is 0 Å². The van der Waals surface area contributed by atoms with Gasteiger partial charge in [0.1, 0.15) is 0 Å². The van der Waals surface area contributed by atoms with E-state index in [-0.39, 0.29) is 5.41 Å². The fourth-order valence-electron chi connectivity index (χ4n) is 2.49. The molecule has 0 fully saturated rings. The van der Waals surface area contributed by atoms with Gasteiger partial charge in [-0.25, -0.2) is 0 Å². The lowest BCUT2D eigenvalue weighted by atomic mass is 9.86. The molecule has 1 heterocycles. The molecule has 0 atom stereocenters. The van der Waals surface area contributed by atoms with E-state index in [0.29, 0.717) is 6.54 Å². The lowest BCUT2D eigenvalue weighted by Crippen LogP contribution is -2.37. The van der Waals surface area contributed by atoms with Crippen LogP contribution in [0.4, 0.5) is 0 Å². The standard InChI is InChI=1S/C20H30N4O/c1-6-17-13-18(25-24-17)14-23-19(21-5)22-12-11-15-7-9-16(10-8-15)20(2,3)4/h7-10,13H,6,11-12,14H2,1-5H3,(H2,21,22,23). The Hall–Kier alpha value is -2.30. The summed E-state index contributed by atoms with van der Waals surface area (Å²) in [6.07, 6.45) is 1.83. The highest BCUT2D eigenvalue weighted by Gasteiger charge is 2.12. The van der Waals surface area contributed by atoms with Gasteiger partial charge >= 0.3 is 0 Å². The summed E-state index contributed by atoms with van der Waals surface area (Å²) in [6.45, 7) is 10.2. The Morgan fingerprint density at radius 1 is 1.16 bits per heavy atom. The van der Waals surface area contributed by atoms with E-state index < -0.39 is 0 Å². The smallest absolute Gasteiger partial charge is 0.191 e. The summed E-state index contributed by atoms with van der Waals surface area (Å²) in [5.41, 5.74) is 3.85. The molecule has 0 radical (unpaired) electrons. The molecular formula is C20H30N4O. The number of aliphatic imine (C=N–C) groups is 1. The summed E-state index contributed by atoms with van der Waals surface area (Å²) >= 11 is 0. The van der Waals surface area contributed by atoms with Crippen LogP contribution in [0.15, 0.2) is 39.8 Å². The molecule has 0 aliphatic carbocycles. The molecule has 2 rings (SSSR count). The van der Waals surface area contributed by atoms with Crippen molar-refractivity contribution in [3.05, 3.63) is 52.9 Å². The molecule has 136 valence electrons. The molecule has 0 unspecified atom stereocenters. The van der Waals surface area contributed by atoms with Gasteiger partial charge in [0, 0.05) is 19.7 Å². The number of nitrogens with zero attached hydrogens (tertiary/aromatic N) is 2. The minimum Gasteiger partial charge on any atom is -0.359 e. The Morgan fingerprint density at radius 2 is 1.88 bits per heavy atom. The van der Waals surface area contributed by atoms with Crippen molar-refractivity contribution in [1.29, 1.82) is 0 Å². The molecule has 0 bridgehead atoms. The predicted octanol–water partition coefficient (Wildman–Crippen LogP) is 3.44. The zero-order valence-electron chi connectivity index (χ0n) is 16.0. The van der Waals surface area contributed by atoms with Crippen LogP contribution < -0.4 is 10.6 Å². The zero-order valence-corrected chi connectivity index (χ0v) is 16.0. The number of hydrogen-bond acceptors (Lipinski definition) is 3. The lowest BCUT2D eigenvalue weighted by molar-refractivity contribution is 0.374. The second-order valence-corrected chi connectivity index (χ2v) is 7.19. The molecule has 1 aromatic carbocycles. The summed E-state index contributed by atoms with van der Waals surface area (Å²) in [6, 6.07) is 10.8. The van der Waals surface area contributed by atoms with E-state index in [2.05, 4.69) is 72.7 Å². The fraction of sp³-hybridized carbons (Fsp3) is 0.500. The molecule has 0 aliphatic heterocycles. The van der Waals surface area contributed by atoms with Crippen LogP contribution in [0.5, 0.6) is 0 Å². The van der Waals surface area contributed by atoms with E-state index in [1.54, 1.807) is 7.05 Å². The third kappa shape index (κ3) is 5.93. The topological polar surface area (TPSA) is 62.5 Å². The van der Waals surface area contributed by atoms with Crippen molar-refractivity contribution in [3.63, 3.8) is 0 Å². The quantitative estimate of drug-likeness (QED) is 0.623. The average Bonchev–Trinajstić information content (AvgIpc) is 3.05. The Kier molecular flexibility index (Phi) is 6.62. The molecule has 2 N–H and O–H groups in total. The van der Waals surface area contributed by atoms with E-state index >= 15 is 0 Å². The first-order chi connectivity index (χ1) is 11.9. The van der Waals surface area contributed by atoms with Gasteiger partial charge in [0.05, 0.1) is 12.2 Å². The van der Waals surface area contributed by atoms with E-state index in [0.717, 1.165) is 36.8 Å². The van der Waals surface area contributed by atoms with E-state index in [1.807, 2.05) is 6.07 Å². The van der Waals surface area contributed by atoms with Crippen molar-refractivity contribution in [2.45, 2.75) is 52.5 Å². The zero-order chi connectivity index (χ0) is 18.3. The average molecular weight is 342 g/mol. The van der Waals surface area contributed by atoms with Gasteiger partial charge in [0.2, 0.25) is 0 Å². The Labute approximate surface area is 150 Å². The molecule has 0 spiro atoms. The van der Waals surface area contributed by atoms with Crippen LogP contribution >= 0.6 is 0 Å². The number of rotatable bonds is 6. The Bertz CT molecular complexity index is 680. The molecule has 0 amide bonds. The number of guanidine groups is 1. The minimum absolute atomic E-state index is 0.196. The van der Waals surface area contributed by atoms with Crippen LogP contribution in [0.1, 0.15) is 50.3 Å². The van der Waals surface area contributed by atoms with Crippen molar-refractivity contribution < 1.29 is 4.52 Å². The van der Waals surface area contributed by atoms with Gasteiger partial charge in [-0.15, -0.1) is 0 Å². The van der Waals surface area contributed by atoms with Gasteiger partial charge in [-0.1, -0.05) is 57.1 Å². The van der Waals surface area contributed by atoms with Gasteiger partial charge in [-0.05, 0) is 29.4 Å². The molecule has 5 nitrogen and oxygen atoms in total. The van der Waals surface area contributed by atoms with Crippen molar-refractivity contribution in [3.8, 4) is 0 Å². The molecule has 0 saturated heterocycles. The summed E-state index contributed by atoms with van der Waals surface area (Å²) < 4.78 is 5.27. The van der Waals surface area contributed by atoms with Crippen molar-refractivity contribution in [2.75, 3.05) is 13.6 Å². The first-order valence-corrected chi connectivity index (χ1v) is 8.90. The number of nitrogens with one attached hydrogen (secondary N) is 2. The fourth-order valence-corrected chi connectivity index (χ4v) is 2.49. The Morgan fingerprint density at radius 3 is 2.44 bits per heavy atom. The third-order valence-electron chi connectivity index (χ3n) is 4.15. The molecule has 0 aliphatic rings. The minimum atomic E-state index is 0.196. The summed E-state index contributed by atoms with van der Waals surface area (Å²) in [5.74, 6) is 1.58. The van der Waals surface area contributed by atoms with Gasteiger partial charge in [0.15, 0.2) is 11.7 Å². The summed E-state index contributed by atoms with van der Waals surface area (Å²) in [4.78, 5) is 4.24. The van der Waals surface area contributed by atoms with Gasteiger partial charge in [-0.2, -0.15) is 0 Å². The van der Waals surface area contributed by atoms with E-state index in [9.17, 15) is 0 Å². The monoisotopic (exact) mass is 342 g/mol. The predicted molar refractivity (Wildman–Crippen MR) is 103 cm³/mol. The summed E-state index contributed by atoms with van der Waals surface area (Å²) in [7, 11) is 1.77. The number of hydrogen-bond donors (Lipinski definition) is 2. The molecule has 25 heavy (non-hydrogen) atoms. The second kappa shape index (κ2) is 8.70. The maximum absolute atomic E-state index is 5.27. The van der Waals surface area contributed by atoms with Crippen LogP contribution in [-0.4, -0.2) is 24.7 Å². The first kappa shape index (κ1) is 19.0. The van der Waals surface area contributed by atoms with Crippen molar-refractivity contribution in [2.24, 2.45) is 4.99 Å². The highest BCUT2D eigenvalue weighted by Crippen LogP contribution is 2.22. The van der Waals surface area contributed by atoms with Crippen molar-refractivity contribution >= 4 is 5.96 Å². The molecule has 1 aromatic heterocycles. The van der Waals surface area contributed by atoms with Crippen molar-refractivity contribution in [1.82, 2.24) is 15.8 Å². The number of aryl methyl sites for hydroxylation is 1. The number of aromatic nitrogens is 1. The maximum Gasteiger partial charge on any atom is 0.191 e. The Balaban J connectivity index is 1.77. The third-order valence-corrected chi connectivity index (χ3v) is 4.15. The number of benzene rings is 1. The van der Waals surface area contributed by atoms with Crippen LogP contribution in [0.25, 0.3) is 0 Å². The van der Waals surface area contributed by atoms with Gasteiger partial charge in [-0.3, -0.25) is 4.99 Å². The maximum atomic E-state index is 5.27. The molecular weight excluding hydrogens is 312 g/mol. The molecule has 2 aromatic rings. The van der Waals surface area contributed by atoms with Crippen LogP contribution in [0.2, 0.25) is 0 Å². The SMILES string of the molecule is CCc1cc(CNC(=NC)NCCc2ccc(C(C)(C)C)cc2)on1. The van der Waals surface area contributed by atoms with Gasteiger partial charge < -0.3 is 15.2 Å². The highest BCUT2D eigenvalue weighted by molar-refractivity contribution is 5.79.